The predicted molar refractivity (Wildman–Crippen MR) is 57.9 cm³/mol. The van der Waals surface area contributed by atoms with Gasteiger partial charge in [-0.3, -0.25) is 4.21 Å². The molecule has 1 unspecified atom stereocenters. The Labute approximate surface area is 88.0 Å². The summed E-state index contributed by atoms with van der Waals surface area (Å²) < 4.78 is 16.7. The van der Waals surface area contributed by atoms with Crippen LogP contribution in [0.25, 0.3) is 0 Å². The minimum atomic E-state index is -0.538. The first-order chi connectivity index (χ1) is 6.84. The Balaban J connectivity index is 1.63. The average molecular weight is 217 g/mol. The van der Waals surface area contributed by atoms with Crippen molar-refractivity contribution in [2.24, 2.45) is 0 Å². The van der Waals surface area contributed by atoms with Gasteiger partial charge in [-0.2, -0.15) is 0 Å². The van der Waals surface area contributed by atoms with Crippen LogP contribution in [0.3, 0.4) is 0 Å². The summed E-state index contributed by atoms with van der Waals surface area (Å²) >= 11 is 0. The second kappa shape index (κ2) is 5.24. The molecule has 2 heterocycles. The van der Waals surface area contributed by atoms with E-state index in [1.807, 2.05) is 0 Å². The van der Waals surface area contributed by atoms with Gasteiger partial charge in [0.05, 0.1) is 6.10 Å². The molecule has 0 aromatic rings. The molecule has 0 spiro atoms. The Kier molecular flexibility index (Phi) is 3.96. The second-order valence-corrected chi connectivity index (χ2v) is 5.86. The molecule has 2 aliphatic heterocycles. The zero-order valence-electron chi connectivity index (χ0n) is 8.54. The van der Waals surface area contributed by atoms with Crippen molar-refractivity contribution >= 4 is 10.8 Å². The van der Waals surface area contributed by atoms with Gasteiger partial charge >= 0.3 is 0 Å². The summed E-state index contributed by atoms with van der Waals surface area (Å²) in [6, 6.07) is 0.580. The lowest BCUT2D eigenvalue weighted by atomic mass is 10.1. The molecule has 3 nitrogen and oxygen atoms in total. The van der Waals surface area contributed by atoms with E-state index in [1.54, 1.807) is 0 Å². The Morgan fingerprint density at radius 3 is 2.71 bits per heavy atom. The van der Waals surface area contributed by atoms with E-state index in [4.69, 9.17) is 4.74 Å². The molecule has 0 bridgehead atoms. The van der Waals surface area contributed by atoms with Crippen LogP contribution in [-0.4, -0.2) is 41.0 Å². The van der Waals surface area contributed by atoms with Gasteiger partial charge in [0.1, 0.15) is 0 Å². The van der Waals surface area contributed by atoms with Gasteiger partial charge in [-0.15, -0.1) is 0 Å². The number of hydrogen-bond acceptors (Lipinski definition) is 3. The minimum Gasteiger partial charge on any atom is -0.377 e. The highest BCUT2D eigenvalue weighted by molar-refractivity contribution is 7.85. The van der Waals surface area contributed by atoms with Gasteiger partial charge in [0.2, 0.25) is 0 Å². The van der Waals surface area contributed by atoms with Gasteiger partial charge in [0, 0.05) is 41.5 Å². The fourth-order valence-electron chi connectivity index (χ4n) is 2.10. The third kappa shape index (κ3) is 3.04. The Morgan fingerprint density at radius 1 is 1.29 bits per heavy atom. The summed E-state index contributed by atoms with van der Waals surface area (Å²) in [5.41, 5.74) is 0. The molecule has 0 saturated carbocycles. The summed E-state index contributed by atoms with van der Waals surface area (Å²) in [6.45, 7) is 1.92. The topological polar surface area (TPSA) is 38.3 Å². The molecule has 0 aliphatic carbocycles. The number of rotatable bonds is 3. The van der Waals surface area contributed by atoms with Crippen LogP contribution in [0.5, 0.6) is 0 Å². The Morgan fingerprint density at radius 2 is 2.07 bits per heavy atom. The van der Waals surface area contributed by atoms with Crippen molar-refractivity contribution in [1.82, 2.24) is 5.32 Å². The van der Waals surface area contributed by atoms with Crippen LogP contribution in [0, 0.1) is 0 Å². The monoisotopic (exact) mass is 217 g/mol. The standard InChI is InChI=1S/C10H19NO2S/c12-14-6-3-9(4-7-14)11-8-10-2-1-5-13-10/h9-11H,1-8H2. The van der Waals surface area contributed by atoms with E-state index in [0.29, 0.717) is 12.1 Å². The van der Waals surface area contributed by atoms with E-state index in [2.05, 4.69) is 5.32 Å². The van der Waals surface area contributed by atoms with Crippen LogP contribution < -0.4 is 5.32 Å². The van der Waals surface area contributed by atoms with E-state index < -0.39 is 10.8 Å². The van der Waals surface area contributed by atoms with Crippen LogP contribution in [0.15, 0.2) is 0 Å². The van der Waals surface area contributed by atoms with E-state index in [-0.39, 0.29) is 0 Å². The molecule has 2 rings (SSSR count). The molecule has 82 valence electrons. The highest BCUT2D eigenvalue weighted by Crippen LogP contribution is 2.13. The maximum Gasteiger partial charge on any atom is 0.0700 e. The SMILES string of the molecule is O=S1CCC(NCC2CCCO2)CC1. The summed E-state index contributed by atoms with van der Waals surface area (Å²) in [4.78, 5) is 0. The van der Waals surface area contributed by atoms with Crippen molar-refractivity contribution in [3.05, 3.63) is 0 Å². The summed E-state index contributed by atoms with van der Waals surface area (Å²) in [5, 5.41) is 3.52. The highest BCUT2D eigenvalue weighted by atomic mass is 32.2. The molecule has 14 heavy (non-hydrogen) atoms. The first-order valence-corrected chi connectivity index (χ1v) is 7.03. The lowest BCUT2D eigenvalue weighted by Gasteiger charge is -2.23. The molecule has 0 aromatic heterocycles. The molecule has 1 N–H and O–H groups in total. The van der Waals surface area contributed by atoms with Crippen LogP contribution in [0.2, 0.25) is 0 Å². The fraction of sp³-hybridized carbons (Fsp3) is 1.00. The molecule has 2 fully saturated rings. The van der Waals surface area contributed by atoms with Gasteiger partial charge in [0.25, 0.3) is 0 Å². The molecule has 1 atom stereocenters. The third-order valence-electron chi connectivity index (χ3n) is 3.05. The highest BCUT2D eigenvalue weighted by Gasteiger charge is 2.20. The predicted octanol–water partition coefficient (Wildman–Crippen LogP) is 0.666. The van der Waals surface area contributed by atoms with Gasteiger partial charge in [-0.25, -0.2) is 0 Å². The summed E-state index contributed by atoms with van der Waals surface area (Å²) in [7, 11) is -0.538. The zero-order valence-corrected chi connectivity index (χ0v) is 9.35. The minimum absolute atomic E-state index is 0.433. The first kappa shape index (κ1) is 10.6. The Hall–Kier alpha value is 0.0700. The number of nitrogens with one attached hydrogen (secondary N) is 1. The largest absolute Gasteiger partial charge is 0.377 e. The van der Waals surface area contributed by atoms with Crippen molar-refractivity contribution in [3.63, 3.8) is 0 Å². The summed E-state index contributed by atoms with van der Waals surface area (Å²) in [6.07, 6.45) is 4.98. The normalized spacial score (nSPS) is 38.7. The van der Waals surface area contributed by atoms with Crippen LogP contribution in [-0.2, 0) is 15.5 Å². The number of ether oxygens (including phenoxy) is 1. The molecule has 0 amide bonds. The molecule has 0 aromatic carbocycles. The van der Waals surface area contributed by atoms with Crippen LogP contribution >= 0.6 is 0 Å². The summed E-state index contributed by atoms with van der Waals surface area (Å²) in [5.74, 6) is 1.76. The third-order valence-corrected chi connectivity index (χ3v) is 4.43. The maximum absolute atomic E-state index is 11.1. The van der Waals surface area contributed by atoms with Crippen LogP contribution in [0.1, 0.15) is 25.7 Å². The van der Waals surface area contributed by atoms with Crippen molar-refractivity contribution in [2.45, 2.75) is 37.8 Å². The molecule has 2 aliphatic rings. The zero-order chi connectivity index (χ0) is 9.80. The first-order valence-electron chi connectivity index (χ1n) is 5.54. The van der Waals surface area contributed by atoms with Gasteiger partial charge in [-0.05, 0) is 25.7 Å². The fourth-order valence-corrected chi connectivity index (χ4v) is 3.40. The molecule has 0 radical (unpaired) electrons. The number of hydrogen-bond donors (Lipinski definition) is 1. The molecule has 4 heteroatoms. The smallest absolute Gasteiger partial charge is 0.0700 e. The van der Waals surface area contributed by atoms with Crippen molar-refractivity contribution < 1.29 is 8.95 Å². The van der Waals surface area contributed by atoms with Crippen molar-refractivity contribution in [1.29, 1.82) is 0 Å². The average Bonchev–Trinajstić information content (AvgIpc) is 2.70. The Bertz CT molecular complexity index is 194. The van der Waals surface area contributed by atoms with E-state index in [0.717, 1.165) is 37.5 Å². The van der Waals surface area contributed by atoms with Gasteiger partial charge < -0.3 is 10.1 Å². The van der Waals surface area contributed by atoms with Gasteiger partial charge in [-0.1, -0.05) is 0 Å². The second-order valence-electron chi connectivity index (χ2n) is 4.17. The molecule has 2 saturated heterocycles. The maximum atomic E-state index is 11.1. The van der Waals surface area contributed by atoms with E-state index in [1.165, 1.54) is 12.8 Å². The van der Waals surface area contributed by atoms with Crippen molar-refractivity contribution in [3.8, 4) is 0 Å². The lowest BCUT2D eigenvalue weighted by molar-refractivity contribution is 0.107. The van der Waals surface area contributed by atoms with Crippen LogP contribution in [0.4, 0.5) is 0 Å². The van der Waals surface area contributed by atoms with E-state index in [9.17, 15) is 4.21 Å². The molecular weight excluding hydrogens is 198 g/mol. The quantitative estimate of drug-likeness (QED) is 0.755. The molecular formula is C10H19NO2S. The van der Waals surface area contributed by atoms with Gasteiger partial charge in [0.15, 0.2) is 0 Å². The van der Waals surface area contributed by atoms with Crippen molar-refractivity contribution in [2.75, 3.05) is 24.7 Å². The lowest BCUT2D eigenvalue weighted by Crippen LogP contribution is -2.39. The van der Waals surface area contributed by atoms with E-state index >= 15 is 0 Å².